The van der Waals surface area contributed by atoms with Gasteiger partial charge in [0.25, 0.3) is 0 Å². The van der Waals surface area contributed by atoms with Crippen molar-refractivity contribution >= 4 is 5.82 Å². The summed E-state index contributed by atoms with van der Waals surface area (Å²) in [5.74, 6) is 0.164. The van der Waals surface area contributed by atoms with Gasteiger partial charge in [0.05, 0.1) is 12.7 Å². The molecule has 1 heterocycles. The SMILES string of the molecule is COC(CO)C(O)CCn1ccc(N)nc1=O. The fourth-order valence-corrected chi connectivity index (χ4v) is 1.42. The molecule has 0 spiro atoms. The van der Waals surface area contributed by atoms with Crippen LogP contribution >= 0.6 is 0 Å². The van der Waals surface area contributed by atoms with Crippen LogP contribution in [-0.4, -0.2) is 45.7 Å². The van der Waals surface area contributed by atoms with Crippen LogP contribution in [0.3, 0.4) is 0 Å². The summed E-state index contributed by atoms with van der Waals surface area (Å²) in [4.78, 5) is 14.9. The Morgan fingerprint density at radius 2 is 2.35 bits per heavy atom. The minimum atomic E-state index is -0.838. The van der Waals surface area contributed by atoms with Crippen molar-refractivity contribution in [3.05, 3.63) is 22.7 Å². The van der Waals surface area contributed by atoms with Gasteiger partial charge in [0.15, 0.2) is 0 Å². The van der Waals surface area contributed by atoms with E-state index in [0.29, 0.717) is 0 Å². The molecule has 7 nitrogen and oxygen atoms in total. The fourth-order valence-electron chi connectivity index (χ4n) is 1.42. The van der Waals surface area contributed by atoms with E-state index in [9.17, 15) is 9.90 Å². The van der Waals surface area contributed by atoms with Crippen LogP contribution in [0.25, 0.3) is 0 Å². The third-order valence-electron chi connectivity index (χ3n) is 2.47. The average molecular weight is 243 g/mol. The highest BCUT2D eigenvalue weighted by atomic mass is 16.5. The molecule has 96 valence electrons. The number of nitrogens with zero attached hydrogens (tertiary/aromatic N) is 2. The molecular formula is C10H17N3O4. The number of aryl methyl sites for hydroxylation is 1. The predicted molar refractivity (Wildman–Crippen MR) is 61.4 cm³/mol. The number of rotatable bonds is 6. The summed E-state index contributed by atoms with van der Waals surface area (Å²) in [5, 5.41) is 18.6. The predicted octanol–water partition coefficient (Wildman–Crippen LogP) is -1.42. The first-order valence-electron chi connectivity index (χ1n) is 5.23. The van der Waals surface area contributed by atoms with Gasteiger partial charge in [0.1, 0.15) is 11.9 Å². The fraction of sp³-hybridized carbons (Fsp3) is 0.600. The second-order valence-corrected chi connectivity index (χ2v) is 3.64. The third kappa shape index (κ3) is 3.81. The lowest BCUT2D eigenvalue weighted by Crippen LogP contribution is -2.33. The molecule has 0 radical (unpaired) electrons. The molecule has 0 saturated heterocycles. The highest BCUT2D eigenvalue weighted by Crippen LogP contribution is 2.04. The number of nitrogen functional groups attached to an aromatic ring is 1. The molecule has 4 N–H and O–H groups in total. The Balaban J connectivity index is 2.58. The molecule has 0 saturated carbocycles. The standard InChI is InChI=1S/C10H17N3O4/c1-17-8(6-14)7(15)2-4-13-5-3-9(11)12-10(13)16/h3,5,7-8,14-15H,2,4,6H2,1H3,(H2,11,12,16). The lowest BCUT2D eigenvalue weighted by Gasteiger charge is -2.19. The van der Waals surface area contributed by atoms with E-state index in [1.807, 2.05) is 0 Å². The Labute approximate surface area is 98.5 Å². The number of nitrogens with two attached hydrogens (primary N) is 1. The van der Waals surface area contributed by atoms with E-state index in [-0.39, 0.29) is 25.4 Å². The van der Waals surface area contributed by atoms with E-state index in [0.717, 1.165) is 0 Å². The van der Waals surface area contributed by atoms with Crippen molar-refractivity contribution in [2.24, 2.45) is 0 Å². The molecule has 0 aliphatic carbocycles. The van der Waals surface area contributed by atoms with Crippen LogP contribution in [0.5, 0.6) is 0 Å². The molecule has 0 fully saturated rings. The molecule has 17 heavy (non-hydrogen) atoms. The van der Waals surface area contributed by atoms with Crippen LogP contribution in [0.1, 0.15) is 6.42 Å². The van der Waals surface area contributed by atoms with Gasteiger partial charge in [-0.1, -0.05) is 0 Å². The Morgan fingerprint density at radius 3 is 2.88 bits per heavy atom. The summed E-state index contributed by atoms with van der Waals surface area (Å²) in [6, 6.07) is 1.51. The summed E-state index contributed by atoms with van der Waals surface area (Å²) in [7, 11) is 1.40. The van der Waals surface area contributed by atoms with E-state index in [1.54, 1.807) is 0 Å². The topological polar surface area (TPSA) is 111 Å². The highest BCUT2D eigenvalue weighted by molar-refractivity contribution is 5.23. The van der Waals surface area contributed by atoms with Crippen molar-refractivity contribution in [2.75, 3.05) is 19.5 Å². The monoisotopic (exact) mass is 243 g/mol. The Bertz CT molecular complexity index is 403. The second kappa shape index (κ2) is 6.33. The smallest absolute Gasteiger partial charge is 0.349 e. The molecular weight excluding hydrogens is 226 g/mol. The van der Waals surface area contributed by atoms with Crippen LogP contribution in [-0.2, 0) is 11.3 Å². The zero-order valence-corrected chi connectivity index (χ0v) is 9.61. The first-order valence-corrected chi connectivity index (χ1v) is 5.23. The summed E-state index contributed by atoms with van der Waals surface area (Å²) in [6.07, 6.45) is 0.310. The molecule has 0 aliphatic rings. The molecule has 1 aromatic heterocycles. The van der Waals surface area contributed by atoms with Gasteiger partial charge < -0.3 is 20.7 Å². The van der Waals surface area contributed by atoms with Gasteiger partial charge in [-0.3, -0.25) is 4.57 Å². The number of hydrogen-bond donors (Lipinski definition) is 3. The van der Waals surface area contributed by atoms with Crippen molar-refractivity contribution in [3.63, 3.8) is 0 Å². The van der Waals surface area contributed by atoms with Gasteiger partial charge in [0, 0.05) is 19.9 Å². The second-order valence-electron chi connectivity index (χ2n) is 3.64. The zero-order chi connectivity index (χ0) is 12.8. The Hall–Kier alpha value is -1.44. The van der Waals surface area contributed by atoms with Crippen molar-refractivity contribution in [3.8, 4) is 0 Å². The van der Waals surface area contributed by atoms with E-state index in [4.69, 9.17) is 15.6 Å². The Kier molecular flexibility index (Phi) is 5.08. The van der Waals surface area contributed by atoms with Crippen LogP contribution < -0.4 is 11.4 Å². The van der Waals surface area contributed by atoms with Crippen molar-refractivity contribution < 1.29 is 14.9 Å². The molecule has 0 aliphatic heterocycles. The molecule has 2 atom stereocenters. The van der Waals surface area contributed by atoms with Crippen molar-refractivity contribution in [1.82, 2.24) is 9.55 Å². The summed E-state index contributed by atoms with van der Waals surface area (Å²) < 4.78 is 6.21. The molecule has 0 aromatic carbocycles. The quantitative estimate of drug-likeness (QED) is 0.565. The van der Waals surface area contributed by atoms with E-state index >= 15 is 0 Å². The van der Waals surface area contributed by atoms with Gasteiger partial charge in [-0.2, -0.15) is 4.98 Å². The van der Waals surface area contributed by atoms with Crippen molar-refractivity contribution in [1.29, 1.82) is 0 Å². The minimum Gasteiger partial charge on any atom is -0.394 e. The maximum Gasteiger partial charge on any atom is 0.349 e. The number of aliphatic hydroxyl groups excluding tert-OH is 2. The summed E-state index contributed by atoms with van der Waals surface area (Å²) in [6.45, 7) is 0.0136. The summed E-state index contributed by atoms with van der Waals surface area (Å²) >= 11 is 0. The number of anilines is 1. The molecule has 7 heteroatoms. The van der Waals surface area contributed by atoms with Gasteiger partial charge in [-0.25, -0.2) is 4.79 Å². The van der Waals surface area contributed by atoms with E-state index in [1.165, 1.54) is 23.9 Å². The van der Waals surface area contributed by atoms with Crippen LogP contribution in [0.15, 0.2) is 17.1 Å². The zero-order valence-electron chi connectivity index (χ0n) is 9.61. The normalized spacial score (nSPS) is 14.5. The van der Waals surface area contributed by atoms with Crippen molar-refractivity contribution in [2.45, 2.75) is 25.2 Å². The maximum absolute atomic E-state index is 11.4. The largest absolute Gasteiger partial charge is 0.394 e. The summed E-state index contributed by atoms with van der Waals surface area (Å²) in [5.41, 5.74) is 4.89. The molecule has 1 aromatic rings. The average Bonchev–Trinajstić information content (AvgIpc) is 2.29. The van der Waals surface area contributed by atoms with Crippen LogP contribution in [0, 0.1) is 0 Å². The number of ether oxygens (including phenoxy) is 1. The lowest BCUT2D eigenvalue weighted by molar-refractivity contribution is -0.0452. The van der Waals surface area contributed by atoms with Crippen LogP contribution in [0.4, 0.5) is 5.82 Å². The lowest BCUT2D eigenvalue weighted by atomic mass is 10.1. The van der Waals surface area contributed by atoms with E-state index < -0.39 is 17.9 Å². The first kappa shape index (κ1) is 13.6. The number of aromatic nitrogens is 2. The number of hydrogen-bond acceptors (Lipinski definition) is 6. The van der Waals surface area contributed by atoms with Gasteiger partial charge in [-0.05, 0) is 12.5 Å². The minimum absolute atomic E-state index is 0.164. The number of aliphatic hydroxyl groups is 2. The molecule has 1 rings (SSSR count). The van der Waals surface area contributed by atoms with E-state index in [2.05, 4.69) is 4.98 Å². The maximum atomic E-state index is 11.4. The molecule has 0 amide bonds. The van der Waals surface area contributed by atoms with Gasteiger partial charge in [0.2, 0.25) is 0 Å². The highest BCUT2D eigenvalue weighted by Gasteiger charge is 2.17. The Morgan fingerprint density at radius 1 is 1.65 bits per heavy atom. The molecule has 2 unspecified atom stereocenters. The third-order valence-corrected chi connectivity index (χ3v) is 2.47. The number of methoxy groups -OCH3 is 1. The van der Waals surface area contributed by atoms with Gasteiger partial charge in [-0.15, -0.1) is 0 Å². The first-order chi connectivity index (χ1) is 8.08. The molecule has 0 bridgehead atoms. The van der Waals surface area contributed by atoms with Gasteiger partial charge >= 0.3 is 5.69 Å². The van der Waals surface area contributed by atoms with Crippen LogP contribution in [0.2, 0.25) is 0 Å².